The second kappa shape index (κ2) is 8.77. The van der Waals surface area contributed by atoms with Gasteiger partial charge in [-0.25, -0.2) is 4.68 Å². The lowest BCUT2D eigenvalue weighted by molar-refractivity contribution is 0.0359. The molecule has 146 valence electrons. The zero-order valence-corrected chi connectivity index (χ0v) is 15.6. The lowest BCUT2D eigenvalue weighted by Gasteiger charge is -2.26. The molecule has 3 aromatic rings. The summed E-state index contributed by atoms with van der Waals surface area (Å²) in [6.45, 7) is 5.41. The smallest absolute Gasteiger partial charge is 0.273 e. The molecule has 1 aliphatic rings. The molecule has 0 unspecified atom stereocenters. The van der Waals surface area contributed by atoms with Crippen LogP contribution in [0.5, 0.6) is 0 Å². The van der Waals surface area contributed by atoms with E-state index in [0.29, 0.717) is 18.8 Å². The summed E-state index contributed by atoms with van der Waals surface area (Å²) in [5.41, 5.74) is 2.31. The van der Waals surface area contributed by atoms with Gasteiger partial charge in [-0.1, -0.05) is 17.3 Å². The second-order valence-corrected chi connectivity index (χ2v) is 6.62. The molecule has 1 aromatic carbocycles. The summed E-state index contributed by atoms with van der Waals surface area (Å²) in [6, 6.07) is 9.75. The van der Waals surface area contributed by atoms with E-state index in [4.69, 9.17) is 4.74 Å². The van der Waals surface area contributed by atoms with Gasteiger partial charge < -0.3 is 10.1 Å². The van der Waals surface area contributed by atoms with Crippen LogP contribution in [0, 0.1) is 0 Å². The third-order valence-electron chi connectivity index (χ3n) is 4.68. The summed E-state index contributed by atoms with van der Waals surface area (Å²) in [7, 11) is 0. The molecule has 28 heavy (non-hydrogen) atoms. The largest absolute Gasteiger partial charge is 0.379 e. The third kappa shape index (κ3) is 4.62. The van der Waals surface area contributed by atoms with Crippen molar-refractivity contribution in [2.45, 2.75) is 13.1 Å². The number of benzene rings is 1. The summed E-state index contributed by atoms with van der Waals surface area (Å²) in [6.07, 6.45) is 5.32. The normalized spacial score (nSPS) is 14.9. The molecule has 0 saturated carbocycles. The highest BCUT2D eigenvalue weighted by molar-refractivity contribution is 5.91. The van der Waals surface area contributed by atoms with E-state index in [1.165, 1.54) is 0 Å². The Morgan fingerprint density at radius 1 is 1.14 bits per heavy atom. The first-order valence-electron chi connectivity index (χ1n) is 9.35. The maximum absolute atomic E-state index is 12.3. The molecule has 1 N–H and O–H groups in total. The molecule has 9 heteroatoms. The van der Waals surface area contributed by atoms with Crippen molar-refractivity contribution < 1.29 is 9.53 Å². The van der Waals surface area contributed by atoms with Crippen molar-refractivity contribution in [3.8, 4) is 5.69 Å². The number of carbonyl (C=O) groups is 1. The van der Waals surface area contributed by atoms with Gasteiger partial charge in [0, 0.05) is 38.6 Å². The van der Waals surface area contributed by atoms with E-state index in [2.05, 4.69) is 25.6 Å². The fourth-order valence-electron chi connectivity index (χ4n) is 3.04. The van der Waals surface area contributed by atoms with Gasteiger partial charge in [-0.15, -0.1) is 5.10 Å². The molecule has 0 aliphatic carbocycles. The summed E-state index contributed by atoms with van der Waals surface area (Å²) in [5.74, 6) is -0.228. The van der Waals surface area contributed by atoms with Crippen molar-refractivity contribution in [3.05, 3.63) is 60.2 Å². The van der Waals surface area contributed by atoms with E-state index in [1.807, 2.05) is 36.5 Å². The van der Waals surface area contributed by atoms with Crippen LogP contribution in [-0.4, -0.2) is 68.4 Å². The van der Waals surface area contributed by atoms with E-state index in [9.17, 15) is 4.79 Å². The van der Waals surface area contributed by atoms with Crippen LogP contribution in [0.3, 0.4) is 0 Å². The fourth-order valence-corrected chi connectivity index (χ4v) is 3.04. The molecule has 0 atom stereocenters. The van der Waals surface area contributed by atoms with Crippen LogP contribution in [0.15, 0.2) is 48.9 Å². The van der Waals surface area contributed by atoms with E-state index in [0.717, 1.165) is 44.1 Å². The van der Waals surface area contributed by atoms with Crippen molar-refractivity contribution in [2.75, 3.05) is 32.8 Å². The van der Waals surface area contributed by atoms with E-state index >= 15 is 0 Å². The van der Waals surface area contributed by atoms with Crippen molar-refractivity contribution in [1.29, 1.82) is 0 Å². The first-order chi connectivity index (χ1) is 13.8. The molecule has 0 radical (unpaired) electrons. The molecule has 1 fully saturated rings. The molecule has 0 spiro atoms. The van der Waals surface area contributed by atoms with Crippen LogP contribution in [0.4, 0.5) is 0 Å². The average molecular weight is 381 g/mol. The zero-order chi connectivity index (χ0) is 19.2. The molecule has 1 saturated heterocycles. The van der Waals surface area contributed by atoms with Crippen molar-refractivity contribution in [1.82, 2.24) is 35.0 Å². The summed E-state index contributed by atoms with van der Waals surface area (Å²) in [4.78, 5) is 14.6. The van der Waals surface area contributed by atoms with Crippen LogP contribution < -0.4 is 5.32 Å². The quantitative estimate of drug-likeness (QED) is 0.649. The van der Waals surface area contributed by atoms with Crippen molar-refractivity contribution >= 4 is 5.91 Å². The minimum absolute atomic E-state index is 0.228. The highest BCUT2D eigenvalue weighted by Crippen LogP contribution is 2.08. The van der Waals surface area contributed by atoms with Gasteiger partial charge in [-0.3, -0.25) is 14.4 Å². The number of morpholine rings is 1. The number of amides is 1. The predicted octanol–water partition coefficient (Wildman–Crippen LogP) is 0.726. The fraction of sp³-hybridized carbons (Fsp3) is 0.368. The van der Waals surface area contributed by atoms with E-state index in [1.54, 1.807) is 21.8 Å². The number of hydrogen-bond acceptors (Lipinski definition) is 6. The molecule has 2 aromatic heterocycles. The van der Waals surface area contributed by atoms with Gasteiger partial charge in [0.2, 0.25) is 0 Å². The Kier molecular flexibility index (Phi) is 5.74. The van der Waals surface area contributed by atoms with Gasteiger partial charge in [0.15, 0.2) is 5.69 Å². The molecule has 4 rings (SSSR count). The maximum Gasteiger partial charge on any atom is 0.273 e. The first-order valence-corrected chi connectivity index (χ1v) is 9.35. The van der Waals surface area contributed by atoms with Crippen molar-refractivity contribution in [3.63, 3.8) is 0 Å². The number of rotatable bonds is 7. The van der Waals surface area contributed by atoms with Gasteiger partial charge in [0.1, 0.15) is 0 Å². The number of ether oxygens (including phenoxy) is 1. The number of aromatic nitrogens is 5. The van der Waals surface area contributed by atoms with Crippen LogP contribution in [0.2, 0.25) is 0 Å². The van der Waals surface area contributed by atoms with Gasteiger partial charge in [-0.2, -0.15) is 5.10 Å². The van der Waals surface area contributed by atoms with Gasteiger partial charge >= 0.3 is 0 Å². The topological polar surface area (TPSA) is 90.1 Å². The summed E-state index contributed by atoms with van der Waals surface area (Å²) < 4.78 is 8.84. The molecular formula is C19H23N7O2. The summed E-state index contributed by atoms with van der Waals surface area (Å²) >= 11 is 0. The Balaban J connectivity index is 1.26. The van der Waals surface area contributed by atoms with Gasteiger partial charge in [0.05, 0.1) is 31.6 Å². The van der Waals surface area contributed by atoms with Crippen LogP contribution in [-0.2, 0) is 17.8 Å². The predicted molar refractivity (Wildman–Crippen MR) is 102 cm³/mol. The number of nitrogens with zero attached hydrogens (tertiary/aromatic N) is 6. The minimum Gasteiger partial charge on any atom is -0.379 e. The minimum atomic E-state index is -0.228. The average Bonchev–Trinajstić information content (AvgIpc) is 3.44. The lowest BCUT2D eigenvalue weighted by Crippen LogP contribution is -2.38. The Morgan fingerprint density at radius 3 is 2.71 bits per heavy atom. The third-order valence-corrected chi connectivity index (χ3v) is 4.68. The molecular weight excluding hydrogens is 358 g/mol. The first kappa shape index (κ1) is 18.3. The molecule has 0 bridgehead atoms. The molecule has 1 amide bonds. The number of carbonyl (C=O) groups excluding carboxylic acids is 1. The van der Waals surface area contributed by atoms with Crippen LogP contribution in [0.1, 0.15) is 16.1 Å². The van der Waals surface area contributed by atoms with Gasteiger partial charge in [0.25, 0.3) is 5.91 Å². The Bertz CT molecular complexity index is 883. The van der Waals surface area contributed by atoms with E-state index in [-0.39, 0.29) is 5.91 Å². The molecule has 3 heterocycles. The number of hydrogen-bond donors (Lipinski definition) is 1. The monoisotopic (exact) mass is 381 g/mol. The maximum atomic E-state index is 12.3. The van der Waals surface area contributed by atoms with Crippen molar-refractivity contribution in [2.24, 2.45) is 0 Å². The van der Waals surface area contributed by atoms with Crippen LogP contribution >= 0.6 is 0 Å². The molecule has 1 aliphatic heterocycles. The van der Waals surface area contributed by atoms with E-state index < -0.39 is 0 Å². The number of nitrogens with one attached hydrogen (secondary N) is 1. The standard InChI is InChI=1S/C19H23N7O2/c27-19(18-15-25(23-22-18)9-8-24-10-12-28-13-11-24)20-14-16-2-4-17(5-3-16)26-7-1-6-21-26/h1-7,15H,8-14H2,(H,20,27). The second-order valence-electron chi connectivity index (χ2n) is 6.62. The van der Waals surface area contributed by atoms with Crippen LogP contribution in [0.25, 0.3) is 5.69 Å². The van der Waals surface area contributed by atoms with Gasteiger partial charge in [-0.05, 0) is 23.8 Å². The zero-order valence-electron chi connectivity index (χ0n) is 15.6. The lowest BCUT2D eigenvalue weighted by atomic mass is 10.2. The highest BCUT2D eigenvalue weighted by Gasteiger charge is 2.13. The molecule has 9 nitrogen and oxygen atoms in total. The Morgan fingerprint density at radius 2 is 1.96 bits per heavy atom. The Labute approximate surface area is 162 Å². The Hall–Kier alpha value is -3.04. The summed E-state index contributed by atoms with van der Waals surface area (Å²) in [5, 5.41) is 15.1. The highest BCUT2D eigenvalue weighted by atomic mass is 16.5. The SMILES string of the molecule is O=C(NCc1ccc(-n2cccn2)cc1)c1cn(CCN2CCOCC2)nn1.